The van der Waals surface area contributed by atoms with Crippen LogP contribution in [-0.4, -0.2) is 49.3 Å². The van der Waals surface area contributed by atoms with Gasteiger partial charge in [-0.1, -0.05) is 27.7 Å². The van der Waals surface area contributed by atoms with Crippen molar-refractivity contribution in [3.05, 3.63) is 0 Å². The average molecular weight is 258 g/mol. The lowest BCUT2D eigenvalue weighted by molar-refractivity contribution is 0.0300. The van der Waals surface area contributed by atoms with E-state index in [0.29, 0.717) is 6.04 Å². The van der Waals surface area contributed by atoms with Crippen LogP contribution < -0.4 is 5.32 Å². The molecule has 0 aromatic rings. The second-order valence-electron chi connectivity index (χ2n) is 5.41. The molecule has 0 amide bonds. The molecule has 0 fully saturated rings. The van der Waals surface area contributed by atoms with Gasteiger partial charge in [-0.25, -0.2) is 0 Å². The van der Waals surface area contributed by atoms with E-state index < -0.39 is 0 Å². The first-order chi connectivity index (χ1) is 8.54. The van der Waals surface area contributed by atoms with Crippen molar-refractivity contribution in [2.45, 2.75) is 66.0 Å². The summed E-state index contributed by atoms with van der Waals surface area (Å²) < 4.78 is 5.78. The number of rotatable bonds is 11. The Kier molecular flexibility index (Phi) is 9.70. The van der Waals surface area contributed by atoms with Crippen LogP contribution >= 0.6 is 0 Å². The van der Waals surface area contributed by atoms with Gasteiger partial charge >= 0.3 is 0 Å². The first kappa shape index (κ1) is 17.9. The van der Waals surface area contributed by atoms with E-state index in [1.165, 1.54) is 6.42 Å². The van der Waals surface area contributed by atoms with Gasteiger partial charge in [-0.2, -0.15) is 0 Å². The lowest BCUT2D eigenvalue weighted by Crippen LogP contribution is -2.59. The summed E-state index contributed by atoms with van der Waals surface area (Å²) >= 11 is 0. The molecule has 1 unspecified atom stereocenters. The van der Waals surface area contributed by atoms with Crippen LogP contribution in [0.4, 0.5) is 0 Å². The maximum Gasteiger partial charge on any atom is 0.0637 e. The first-order valence-corrected chi connectivity index (χ1v) is 7.60. The minimum absolute atomic E-state index is 0.131. The molecule has 18 heavy (non-hydrogen) atoms. The third-order valence-corrected chi connectivity index (χ3v) is 3.70. The van der Waals surface area contributed by atoms with Gasteiger partial charge < -0.3 is 10.1 Å². The lowest BCUT2D eigenvalue weighted by Gasteiger charge is -2.43. The standard InChI is InChI=1S/C15H34N2O/c1-7-11-16-14(13-18-12-8-2)15(5,6)17(9-3)10-4/h14,16H,7-13H2,1-6H3. The fraction of sp³-hybridized carbons (Fsp3) is 1.00. The Labute approximate surface area is 114 Å². The Morgan fingerprint density at radius 1 is 1.06 bits per heavy atom. The molecule has 0 rings (SSSR count). The van der Waals surface area contributed by atoms with Crippen LogP contribution in [0, 0.1) is 0 Å². The maximum atomic E-state index is 5.78. The molecular formula is C15H34N2O. The van der Waals surface area contributed by atoms with Crippen molar-refractivity contribution < 1.29 is 4.74 Å². The molecule has 0 saturated heterocycles. The van der Waals surface area contributed by atoms with Gasteiger partial charge in [-0.15, -0.1) is 0 Å². The summed E-state index contributed by atoms with van der Waals surface area (Å²) in [5, 5.41) is 3.65. The van der Waals surface area contributed by atoms with Gasteiger partial charge in [0.05, 0.1) is 6.61 Å². The average Bonchev–Trinajstić information content (AvgIpc) is 2.34. The largest absolute Gasteiger partial charge is 0.380 e. The van der Waals surface area contributed by atoms with E-state index in [9.17, 15) is 0 Å². The summed E-state index contributed by atoms with van der Waals surface area (Å²) in [5.41, 5.74) is 0.131. The molecule has 0 aromatic heterocycles. The number of likely N-dealkylation sites (N-methyl/N-ethyl adjacent to an activating group) is 1. The van der Waals surface area contributed by atoms with Gasteiger partial charge in [0.25, 0.3) is 0 Å². The van der Waals surface area contributed by atoms with Crippen molar-refractivity contribution in [3.63, 3.8) is 0 Å². The molecule has 0 aliphatic rings. The van der Waals surface area contributed by atoms with Gasteiger partial charge in [-0.3, -0.25) is 4.90 Å². The van der Waals surface area contributed by atoms with Crippen LogP contribution in [0.2, 0.25) is 0 Å². The molecule has 0 spiro atoms. The minimum atomic E-state index is 0.131. The number of hydrogen-bond donors (Lipinski definition) is 1. The number of nitrogens with one attached hydrogen (secondary N) is 1. The molecule has 0 heterocycles. The van der Waals surface area contributed by atoms with E-state index in [4.69, 9.17) is 4.74 Å². The molecule has 0 aliphatic heterocycles. The van der Waals surface area contributed by atoms with Crippen molar-refractivity contribution in [2.75, 3.05) is 32.8 Å². The zero-order valence-corrected chi connectivity index (χ0v) is 13.4. The van der Waals surface area contributed by atoms with E-state index in [1.54, 1.807) is 0 Å². The maximum absolute atomic E-state index is 5.78. The van der Waals surface area contributed by atoms with E-state index in [1.807, 2.05) is 0 Å². The van der Waals surface area contributed by atoms with Crippen LogP contribution in [-0.2, 0) is 4.74 Å². The van der Waals surface area contributed by atoms with E-state index >= 15 is 0 Å². The van der Waals surface area contributed by atoms with Crippen molar-refractivity contribution >= 4 is 0 Å². The monoisotopic (exact) mass is 258 g/mol. The third kappa shape index (κ3) is 5.68. The van der Waals surface area contributed by atoms with Crippen LogP contribution in [0.15, 0.2) is 0 Å². The molecular weight excluding hydrogens is 224 g/mol. The fourth-order valence-corrected chi connectivity index (χ4v) is 2.44. The number of hydrogen-bond acceptors (Lipinski definition) is 3. The van der Waals surface area contributed by atoms with Crippen LogP contribution in [0.1, 0.15) is 54.4 Å². The molecule has 0 aromatic carbocycles. The smallest absolute Gasteiger partial charge is 0.0637 e. The summed E-state index contributed by atoms with van der Waals surface area (Å²) in [6.45, 7) is 18.4. The van der Waals surface area contributed by atoms with Crippen molar-refractivity contribution in [1.82, 2.24) is 10.2 Å². The molecule has 1 atom stereocenters. The molecule has 3 heteroatoms. The molecule has 0 aliphatic carbocycles. The topological polar surface area (TPSA) is 24.5 Å². The van der Waals surface area contributed by atoms with Crippen LogP contribution in [0.3, 0.4) is 0 Å². The Bertz CT molecular complexity index is 191. The SMILES string of the molecule is CCCNC(COCCC)C(C)(C)N(CC)CC. The summed E-state index contributed by atoms with van der Waals surface area (Å²) in [5.74, 6) is 0. The van der Waals surface area contributed by atoms with Gasteiger partial charge in [0, 0.05) is 18.2 Å². The van der Waals surface area contributed by atoms with E-state index in [0.717, 1.165) is 39.3 Å². The summed E-state index contributed by atoms with van der Waals surface area (Å²) in [6.07, 6.45) is 2.25. The highest BCUT2D eigenvalue weighted by molar-refractivity contribution is 4.93. The van der Waals surface area contributed by atoms with Crippen molar-refractivity contribution in [3.8, 4) is 0 Å². The second kappa shape index (κ2) is 9.76. The molecule has 110 valence electrons. The van der Waals surface area contributed by atoms with Gasteiger partial charge in [-0.05, 0) is 46.3 Å². The Morgan fingerprint density at radius 3 is 2.11 bits per heavy atom. The molecule has 0 saturated carbocycles. The number of ether oxygens (including phenoxy) is 1. The third-order valence-electron chi connectivity index (χ3n) is 3.70. The van der Waals surface area contributed by atoms with E-state index in [-0.39, 0.29) is 5.54 Å². The Hall–Kier alpha value is -0.120. The molecule has 0 radical (unpaired) electrons. The quantitative estimate of drug-likeness (QED) is 0.577. The zero-order chi connectivity index (χ0) is 14.0. The molecule has 3 nitrogen and oxygen atoms in total. The first-order valence-electron chi connectivity index (χ1n) is 7.60. The van der Waals surface area contributed by atoms with Gasteiger partial charge in [0.1, 0.15) is 0 Å². The van der Waals surface area contributed by atoms with Crippen molar-refractivity contribution in [1.29, 1.82) is 0 Å². The Morgan fingerprint density at radius 2 is 1.67 bits per heavy atom. The summed E-state index contributed by atoms with van der Waals surface area (Å²) in [4.78, 5) is 2.51. The fourth-order valence-electron chi connectivity index (χ4n) is 2.44. The Balaban J connectivity index is 4.57. The predicted octanol–water partition coefficient (Wildman–Crippen LogP) is 2.90. The van der Waals surface area contributed by atoms with Crippen LogP contribution in [0.25, 0.3) is 0 Å². The van der Waals surface area contributed by atoms with Crippen LogP contribution in [0.5, 0.6) is 0 Å². The molecule has 0 bridgehead atoms. The highest BCUT2D eigenvalue weighted by Crippen LogP contribution is 2.19. The highest BCUT2D eigenvalue weighted by Gasteiger charge is 2.33. The highest BCUT2D eigenvalue weighted by atomic mass is 16.5. The van der Waals surface area contributed by atoms with E-state index in [2.05, 4.69) is 51.8 Å². The lowest BCUT2D eigenvalue weighted by atomic mass is 9.92. The summed E-state index contributed by atoms with van der Waals surface area (Å²) in [7, 11) is 0. The second-order valence-corrected chi connectivity index (χ2v) is 5.41. The minimum Gasteiger partial charge on any atom is -0.380 e. The number of nitrogens with zero attached hydrogens (tertiary/aromatic N) is 1. The van der Waals surface area contributed by atoms with Crippen molar-refractivity contribution in [2.24, 2.45) is 0 Å². The zero-order valence-electron chi connectivity index (χ0n) is 13.4. The normalized spacial score (nSPS) is 14.2. The summed E-state index contributed by atoms with van der Waals surface area (Å²) in [6, 6.07) is 0.392. The van der Waals surface area contributed by atoms with Gasteiger partial charge in [0.15, 0.2) is 0 Å². The van der Waals surface area contributed by atoms with Gasteiger partial charge in [0.2, 0.25) is 0 Å². The molecule has 1 N–H and O–H groups in total. The predicted molar refractivity (Wildman–Crippen MR) is 80.2 cm³/mol.